The summed E-state index contributed by atoms with van der Waals surface area (Å²) in [6, 6.07) is 0. The van der Waals surface area contributed by atoms with Crippen LogP contribution in [-0.2, 0) is 9.53 Å². The van der Waals surface area contributed by atoms with Crippen LogP contribution in [0, 0.1) is 0 Å². The number of nitrogens with zero attached hydrogens (tertiary/aromatic N) is 2. The number of halogens is 1. The van der Waals surface area contributed by atoms with Gasteiger partial charge in [0.25, 0.3) is 0 Å². The Labute approximate surface area is 146 Å². The maximum absolute atomic E-state index is 12.2. The van der Waals surface area contributed by atoms with E-state index >= 15 is 0 Å². The Balaban J connectivity index is 2.70. The second-order valence-corrected chi connectivity index (χ2v) is 6.24. The van der Waals surface area contributed by atoms with Crippen molar-refractivity contribution in [3.05, 3.63) is 4.88 Å². The number of aromatic nitrogens is 2. The van der Waals surface area contributed by atoms with Crippen molar-refractivity contribution in [2.24, 2.45) is 0 Å². The van der Waals surface area contributed by atoms with Gasteiger partial charge in [0.05, 0.1) is 17.7 Å². The highest BCUT2D eigenvalue weighted by molar-refractivity contribution is 7.98. The number of carbonyl (C=O) groups excluding carboxylic acids is 2. The number of thioether (sulfide) groups is 1. The molecule has 0 radical (unpaired) electrons. The summed E-state index contributed by atoms with van der Waals surface area (Å²) in [5.41, 5.74) is 0.325. The third kappa shape index (κ3) is 3.67. The maximum atomic E-state index is 12.2. The highest BCUT2D eigenvalue weighted by Gasteiger charge is 2.25. The van der Waals surface area contributed by atoms with Gasteiger partial charge in [-0.25, -0.2) is 14.8 Å². The predicted octanol–water partition coefficient (Wildman–Crippen LogP) is 2.81. The standard InChI is InChI=1S/C13H15ClN4O3S2/c1-4-21-12(20)9-8(16-6(19)5-14)7-10(15-2)17-13(22-3)18-11(7)23-9/h4-5H2,1-3H3,(H,16,19)(H,15,17,18). The number of thiophene rings is 1. The predicted molar refractivity (Wildman–Crippen MR) is 94.0 cm³/mol. The second-order valence-electron chi connectivity index (χ2n) is 4.20. The van der Waals surface area contributed by atoms with E-state index in [1.807, 2.05) is 6.26 Å². The number of ether oxygens (including phenoxy) is 1. The van der Waals surface area contributed by atoms with Crippen LogP contribution >= 0.6 is 34.7 Å². The van der Waals surface area contributed by atoms with E-state index in [2.05, 4.69) is 20.6 Å². The van der Waals surface area contributed by atoms with Crippen LogP contribution in [0.5, 0.6) is 0 Å². The molecule has 124 valence electrons. The van der Waals surface area contributed by atoms with Crippen LogP contribution in [0.2, 0.25) is 0 Å². The molecule has 0 spiro atoms. The summed E-state index contributed by atoms with van der Waals surface area (Å²) in [6.07, 6.45) is 1.86. The van der Waals surface area contributed by atoms with Crippen LogP contribution in [0.15, 0.2) is 5.16 Å². The number of esters is 1. The lowest BCUT2D eigenvalue weighted by Gasteiger charge is -2.08. The van der Waals surface area contributed by atoms with E-state index in [4.69, 9.17) is 16.3 Å². The molecule has 23 heavy (non-hydrogen) atoms. The smallest absolute Gasteiger partial charge is 0.350 e. The first-order valence-electron chi connectivity index (χ1n) is 6.64. The van der Waals surface area contributed by atoms with Crippen molar-refractivity contribution >= 4 is 68.3 Å². The fourth-order valence-electron chi connectivity index (χ4n) is 1.89. The molecule has 0 aliphatic carbocycles. The molecular formula is C13H15ClN4O3S2. The van der Waals surface area contributed by atoms with Gasteiger partial charge in [-0.2, -0.15) is 0 Å². The molecular weight excluding hydrogens is 360 g/mol. The lowest BCUT2D eigenvalue weighted by Crippen LogP contribution is -2.15. The van der Waals surface area contributed by atoms with Gasteiger partial charge < -0.3 is 15.4 Å². The highest BCUT2D eigenvalue weighted by Crippen LogP contribution is 2.39. The van der Waals surface area contributed by atoms with Gasteiger partial charge in [0.2, 0.25) is 5.91 Å². The summed E-state index contributed by atoms with van der Waals surface area (Å²) >= 11 is 8.09. The van der Waals surface area contributed by atoms with E-state index < -0.39 is 11.9 Å². The first-order chi connectivity index (χ1) is 11.0. The van der Waals surface area contributed by atoms with Crippen molar-refractivity contribution < 1.29 is 14.3 Å². The number of amides is 1. The van der Waals surface area contributed by atoms with Crippen LogP contribution in [-0.4, -0.2) is 47.6 Å². The minimum absolute atomic E-state index is 0.224. The minimum atomic E-state index is -0.520. The molecule has 0 bridgehead atoms. The Morgan fingerprint density at radius 1 is 1.39 bits per heavy atom. The minimum Gasteiger partial charge on any atom is -0.462 e. The lowest BCUT2D eigenvalue weighted by atomic mass is 10.2. The molecule has 0 fully saturated rings. The topological polar surface area (TPSA) is 93.2 Å². The molecule has 2 rings (SSSR count). The largest absolute Gasteiger partial charge is 0.462 e. The Morgan fingerprint density at radius 2 is 2.13 bits per heavy atom. The zero-order valence-corrected chi connectivity index (χ0v) is 15.1. The van der Waals surface area contributed by atoms with Crippen molar-refractivity contribution in [1.82, 2.24) is 9.97 Å². The molecule has 7 nitrogen and oxygen atoms in total. The lowest BCUT2D eigenvalue weighted by molar-refractivity contribution is -0.113. The fraction of sp³-hybridized carbons (Fsp3) is 0.385. The molecule has 10 heteroatoms. The summed E-state index contributed by atoms with van der Waals surface area (Å²) in [7, 11) is 1.71. The molecule has 2 aromatic heterocycles. The Morgan fingerprint density at radius 3 is 2.70 bits per heavy atom. The summed E-state index contributed by atoms with van der Waals surface area (Å²) in [5, 5.41) is 6.74. The molecule has 0 atom stereocenters. The number of alkyl halides is 1. The van der Waals surface area contributed by atoms with Gasteiger partial charge in [0, 0.05) is 7.05 Å². The van der Waals surface area contributed by atoms with E-state index in [0.29, 0.717) is 26.9 Å². The number of hydrogen-bond donors (Lipinski definition) is 2. The van der Waals surface area contributed by atoms with E-state index in [-0.39, 0.29) is 17.4 Å². The van der Waals surface area contributed by atoms with E-state index in [0.717, 1.165) is 11.3 Å². The number of carbonyl (C=O) groups is 2. The van der Waals surface area contributed by atoms with Gasteiger partial charge in [-0.1, -0.05) is 11.8 Å². The SMILES string of the molecule is CCOC(=O)c1sc2nc(SC)nc(NC)c2c1NC(=O)CCl. The van der Waals surface area contributed by atoms with Gasteiger partial charge in [-0.3, -0.25) is 4.79 Å². The summed E-state index contributed by atoms with van der Waals surface area (Å²) in [6.45, 7) is 1.95. The Bertz CT molecular complexity index is 750. The van der Waals surface area contributed by atoms with Crippen molar-refractivity contribution in [2.75, 3.05) is 36.4 Å². The summed E-state index contributed by atoms with van der Waals surface area (Å²) in [5.74, 6) is -0.643. The van der Waals surface area contributed by atoms with E-state index in [9.17, 15) is 9.59 Å². The zero-order valence-electron chi connectivity index (χ0n) is 12.7. The molecule has 0 saturated heterocycles. The maximum Gasteiger partial charge on any atom is 0.350 e. The Hall–Kier alpha value is -1.58. The molecule has 2 aromatic rings. The second kappa shape index (κ2) is 7.80. The number of anilines is 2. The summed E-state index contributed by atoms with van der Waals surface area (Å²) < 4.78 is 5.06. The van der Waals surface area contributed by atoms with Crippen LogP contribution in [0.25, 0.3) is 10.2 Å². The van der Waals surface area contributed by atoms with Gasteiger partial charge >= 0.3 is 5.97 Å². The van der Waals surface area contributed by atoms with Gasteiger partial charge in [-0.15, -0.1) is 22.9 Å². The molecule has 0 saturated carbocycles. The third-order valence-electron chi connectivity index (χ3n) is 2.80. The monoisotopic (exact) mass is 374 g/mol. The zero-order chi connectivity index (χ0) is 17.0. The van der Waals surface area contributed by atoms with Crippen molar-refractivity contribution in [3.63, 3.8) is 0 Å². The Kier molecular flexibility index (Phi) is 6.03. The third-order valence-corrected chi connectivity index (χ3v) is 4.65. The van der Waals surface area contributed by atoms with Crippen molar-refractivity contribution in [2.45, 2.75) is 12.1 Å². The van der Waals surface area contributed by atoms with Gasteiger partial charge in [0.15, 0.2) is 5.16 Å². The average molecular weight is 375 g/mol. The summed E-state index contributed by atoms with van der Waals surface area (Å²) in [4.78, 5) is 33.5. The average Bonchev–Trinajstić information content (AvgIpc) is 2.92. The van der Waals surface area contributed by atoms with Crippen LogP contribution in [0.3, 0.4) is 0 Å². The molecule has 2 heterocycles. The van der Waals surface area contributed by atoms with Crippen LogP contribution in [0.1, 0.15) is 16.6 Å². The molecule has 0 aromatic carbocycles. The highest BCUT2D eigenvalue weighted by atomic mass is 35.5. The number of nitrogens with one attached hydrogen (secondary N) is 2. The van der Waals surface area contributed by atoms with E-state index in [1.54, 1.807) is 14.0 Å². The molecule has 0 unspecified atom stereocenters. The quantitative estimate of drug-likeness (QED) is 0.347. The van der Waals surface area contributed by atoms with Crippen LogP contribution < -0.4 is 10.6 Å². The first kappa shape index (κ1) is 17.8. The number of hydrogen-bond acceptors (Lipinski definition) is 8. The first-order valence-corrected chi connectivity index (χ1v) is 9.22. The van der Waals surface area contributed by atoms with E-state index in [1.165, 1.54) is 11.8 Å². The fourth-order valence-corrected chi connectivity index (χ4v) is 3.40. The molecule has 0 aliphatic rings. The number of rotatable bonds is 6. The van der Waals surface area contributed by atoms with Gasteiger partial charge in [0.1, 0.15) is 21.4 Å². The van der Waals surface area contributed by atoms with Gasteiger partial charge in [-0.05, 0) is 13.2 Å². The molecule has 1 amide bonds. The number of fused-ring (bicyclic) bond motifs is 1. The van der Waals surface area contributed by atoms with Crippen molar-refractivity contribution in [1.29, 1.82) is 0 Å². The molecule has 2 N–H and O–H groups in total. The normalized spacial score (nSPS) is 10.6. The van der Waals surface area contributed by atoms with Crippen LogP contribution in [0.4, 0.5) is 11.5 Å². The van der Waals surface area contributed by atoms with Crippen molar-refractivity contribution in [3.8, 4) is 0 Å². The molecule has 0 aliphatic heterocycles.